The molecule has 0 amide bonds. The lowest BCUT2D eigenvalue weighted by Gasteiger charge is -2.16. The number of nitrogens with one attached hydrogen (secondary N) is 1. The zero-order valence-corrected chi connectivity index (χ0v) is 11.4. The first kappa shape index (κ1) is 14.1. The van der Waals surface area contributed by atoms with Crippen molar-refractivity contribution in [3.8, 4) is 0 Å². The van der Waals surface area contributed by atoms with Crippen LogP contribution >= 0.6 is 0 Å². The first-order chi connectivity index (χ1) is 9.61. The molecular formula is C16H16FNO2. The van der Waals surface area contributed by atoms with Crippen molar-refractivity contribution in [2.45, 2.75) is 13.0 Å². The summed E-state index contributed by atoms with van der Waals surface area (Å²) in [6.45, 7) is 1.93. The summed E-state index contributed by atoms with van der Waals surface area (Å²) in [5.74, 6) is -0.888. The Morgan fingerprint density at radius 3 is 2.55 bits per heavy atom. The molecule has 0 spiro atoms. The number of esters is 1. The van der Waals surface area contributed by atoms with E-state index in [4.69, 9.17) is 0 Å². The molecule has 0 bridgehead atoms. The number of halogens is 1. The van der Waals surface area contributed by atoms with Crippen molar-refractivity contribution < 1.29 is 13.9 Å². The fourth-order valence-electron chi connectivity index (χ4n) is 1.94. The van der Waals surface area contributed by atoms with E-state index in [0.29, 0.717) is 5.56 Å². The van der Waals surface area contributed by atoms with Crippen LogP contribution in [0, 0.1) is 5.82 Å². The minimum absolute atomic E-state index is 0.0707. The number of carbonyl (C=O) groups excluding carboxylic acids is 1. The van der Waals surface area contributed by atoms with Gasteiger partial charge in [0.1, 0.15) is 5.82 Å². The molecule has 2 aromatic rings. The number of carbonyl (C=O) groups is 1. The first-order valence-corrected chi connectivity index (χ1v) is 6.31. The van der Waals surface area contributed by atoms with Crippen LogP contribution in [-0.4, -0.2) is 13.1 Å². The average molecular weight is 273 g/mol. The molecule has 2 rings (SSSR count). The van der Waals surface area contributed by atoms with Gasteiger partial charge < -0.3 is 10.1 Å². The van der Waals surface area contributed by atoms with Crippen LogP contribution in [0.5, 0.6) is 0 Å². The van der Waals surface area contributed by atoms with Crippen molar-refractivity contribution in [3.05, 3.63) is 65.5 Å². The Labute approximate surface area is 117 Å². The topological polar surface area (TPSA) is 38.3 Å². The number of hydrogen-bond donors (Lipinski definition) is 1. The summed E-state index contributed by atoms with van der Waals surface area (Å²) in [4.78, 5) is 11.5. The average Bonchev–Trinajstić information content (AvgIpc) is 2.49. The number of benzene rings is 2. The third-order valence-corrected chi connectivity index (χ3v) is 3.06. The van der Waals surface area contributed by atoms with Gasteiger partial charge in [-0.05, 0) is 30.7 Å². The quantitative estimate of drug-likeness (QED) is 0.861. The van der Waals surface area contributed by atoms with Crippen LogP contribution in [-0.2, 0) is 4.74 Å². The Morgan fingerprint density at radius 2 is 1.90 bits per heavy atom. The maximum absolute atomic E-state index is 13.8. The fourth-order valence-corrected chi connectivity index (χ4v) is 1.94. The molecule has 0 aliphatic rings. The van der Waals surface area contributed by atoms with Gasteiger partial charge in [0.25, 0.3) is 0 Å². The summed E-state index contributed by atoms with van der Waals surface area (Å²) in [7, 11) is 1.30. The summed E-state index contributed by atoms with van der Waals surface area (Å²) < 4.78 is 18.4. The zero-order chi connectivity index (χ0) is 14.5. The minimum Gasteiger partial charge on any atom is -0.465 e. The summed E-state index contributed by atoms with van der Waals surface area (Å²) in [5, 5.41) is 3.06. The normalized spacial score (nSPS) is 11.8. The number of hydrogen-bond acceptors (Lipinski definition) is 3. The van der Waals surface area contributed by atoms with Gasteiger partial charge in [0.2, 0.25) is 0 Å². The molecule has 0 fully saturated rings. The van der Waals surface area contributed by atoms with Gasteiger partial charge >= 0.3 is 5.97 Å². The highest BCUT2D eigenvalue weighted by molar-refractivity contribution is 5.90. The molecule has 0 saturated carbocycles. The van der Waals surface area contributed by atoms with Crippen molar-refractivity contribution >= 4 is 11.7 Å². The molecule has 0 radical (unpaired) electrons. The van der Waals surface area contributed by atoms with E-state index >= 15 is 0 Å². The van der Waals surface area contributed by atoms with Crippen LogP contribution in [0.25, 0.3) is 0 Å². The summed E-state index contributed by atoms with van der Waals surface area (Å²) >= 11 is 0. The van der Waals surface area contributed by atoms with Gasteiger partial charge in [0.15, 0.2) is 0 Å². The molecule has 0 aliphatic carbocycles. The molecule has 0 aliphatic heterocycles. The molecule has 0 aromatic heterocycles. The van der Waals surface area contributed by atoms with Gasteiger partial charge in [-0.15, -0.1) is 0 Å². The number of anilines is 1. The minimum atomic E-state index is -0.486. The molecule has 2 aromatic carbocycles. The highest BCUT2D eigenvalue weighted by Crippen LogP contribution is 2.23. The highest BCUT2D eigenvalue weighted by Gasteiger charge is 2.12. The SMILES string of the molecule is COC(=O)c1ccc(F)c(NC(C)c2ccccc2)c1. The molecule has 1 N–H and O–H groups in total. The van der Waals surface area contributed by atoms with Gasteiger partial charge in [0, 0.05) is 6.04 Å². The Hall–Kier alpha value is -2.36. The summed E-state index contributed by atoms with van der Waals surface area (Å²) in [5.41, 5.74) is 1.64. The van der Waals surface area contributed by atoms with E-state index in [1.165, 1.54) is 25.3 Å². The molecule has 20 heavy (non-hydrogen) atoms. The van der Waals surface area contributed by atoms with Crippen molar-refractivity contribution in [2.24, 2.45) is 0 Å². The Bertz CT molecular complexity index is 599. The summed E-state index contributed by atoms with van der Waals surface area (Å²) in [6, 6.07) is 13.7. The maximum atomic E-state index is 13.8. The van der Waals surface area contributed by atoms with E-state index in [0.717, 1.165) is 5.56 Å². The van der Waals surface area contributed by atoms with Gasteiger partial charge in [-0.3, -0.25) is 0 Å². The van der Waals surface area contributed by atoms with Gasteiger partial charge in [0.05, 0.1) is 18.4 Å². The van der Waals surface area contributed by atoms with Gasteiger partial charge in [-0.25, -0.2) is 9.18 Å². The fraction of sp³-hybridized carbons (Fsp3) is 0.188. The Morgan fingerprint density at radius 1 is 1.20 bits per heavy atom. The molecular weight excluding hydrogens is 257 g/mol. The predicted molar refractivity (Wildman–Crippen MR) is 76.2 cm³/mol. The number of rotatable bonds is 4. The Balaban J connectivity index is 2.22. The molecule has 1 atom stereocenters. The molecule has 4 heteroatoms. The molecule has 3 nitrogen and oxygen atoms in total. The van der Waals surface area contributed by atoms with E-state index in [9.17, 15) is 9.18 Å². The first-order valence-electron chi connectivity index (χ1n) is 6.31. The number of methoxy groups -OCH3 is 1. The predicted octanol–water partition coefficient (Wildman–Crippen LogP) is 3.79. The monoisotopic (exact) mass is 273 g/mol. The van der Waals surface area contributed by atoms with Crippen LogP contribution < -0.4 is 5.32 Å². The van der Waals surface area contributed by atoms with Gasteiger partial charge in [-0.2, -0.15) is 0 Å². The largest absolute Gasteiger partial charge is 0.465 e. The lowest BCUT2D eigenvalue weighted by molar-refractivity contribution is 0.0600. The van der Waals surface area contributed by atoms with Crippen molar-refractivity contribution in [1.29, 1.82) is 0 Å². The van der Waals surface area contributed by atoms with Crippen LogP contribution in [0.3, 0.4) is 0 Å². The Kier molecular flexibility index (Phi) is 4.35. The molecule has 0 saturated heterocycles. The second kappa shape index (κ2) is 6.19. The van der Waals surface area contributed by atoms with Crippen LogP contribution in [0.4, 0.5) is 10.1 Å². The van der Waals surface area contributed by atoms with E-state index in [2.05, 4.69) is 10.1 Å². The second-order valence-electron chi connectivity index (χ2n) is 4.46. The summed E-state index contributed by atoms with van der Waals surface area (Å²) in [6.07, 6.45) is 0. The van der Waals surface area contributed by atoms with Crippen molar-refractivity contribution in [2.75, 3.05) is 12.4 Å². The molecule has 0 heterocycles. The van der Waals surface area contributed by atoms with Crippen LogP contribution in [0.15, 0.2) is 48.5 Å². The van der Waals surface area contributed by atoms with E-state index in [1.807, 2.05) is 37.3 Å². The standard InChI is InChI=1S/C16H16FNO2/c1-11(12-6-4-3-5-7-12)18-15-10-13(16(19)20-2)8-9-14(15)17/h3-11,18H,1-2H3. The van der Waals surface area contributed by atoms with Crippen LogP contribution in [0.2, 0.25) is 0 Å². The van der Waals surface area contributed by atoms with E-state index < -0.39 is 11.8 Å². The number of ether oxygens (including phenoxy) is 1. The van der Waals surface area contributed by atoms with E-state index in [-0.39, 0.29) is 11.7 Å². The highest BCUT2D eigenvalue weighted by atomic mass is 19.1. The smallest absolute Gasteiger partial charge is 0.337 e. The van der Waals surface area contributed by atoms with Crippen molar-refractivity contribution in [3.63, 3.8) is 0 Å². The lowest BCUT2D eigenvalue weighted by Crippen LogP contribution is -2.09. The van der Waals surface area contributed by atoms with Gasteiger partial charge in [-0.1, -0.05) is 30.3 Å². The third kappa shape index (κ3) is 3.15. The van der Waals surface area contributed by atoms with Crippen LogP contribution in [0.1, 0.15) is 28.9 Å². The van der Waals surface area contributed by atoms with E-state index in [1.54, 1.807) is 0 Å². The molecule has 104 valence electrons. The second-order valence-corrected chi connectivity index (χ2v) is 4.46. The van der Waals surface area contributed by atoms with Crippen molar-refractivity contribution in [1.82, 2.24) is 0 Å². The lowest BCUT2D eigenvalue weighted by atomic mass is 10.1. The zero-order valence-electron chi connectivity index (χ0n) is 11.4. The maximum Gasteiger partial charge on any atom is 0.337 e. The third-order valence-electron chi connectivity index (χ3n) is 3.06. The molecule has 1 unspecified atom stereocenters.